The van der Waals surface area contributed by atoms with Gasteiger partial charge in [-0.05, 0) is 30.3 Å². The van der Waals surface area contributed by atoms with Gasteiger partial charge in [-0.2, -0.15) is 0 Å². The van der Waals surface area contributed by atoms with Gasteiger partial charge in [0.1, 0.15) is 23.1 Å². The molecule has 0 amide bonds. The molecular formula is C24H24ClFN6O3. The summed E-state index contributed by atoms with van der Waals surface area (Å²) in [4.78, 5) is 11.9. The summed E-state index contributed by atoms with van der Waals surface area (Å²) >= 11 is 5.81. The number of nitrogens with zero attached hydrogens (tertiary/aromatic N) is 3. The number of nitrogens with one attached hydrogen (secondary N) is 3. The first-order valence-corrected chi connectivity index (χ1v) is 11.1. The summed E-state index contributed by atoms with van der Waals surface area (Å²) in [6, 6.07) is 11.0. The Morgan fingerprint density at radius 3 is 2.77 bits per heavy atom. The van der Waals surface area contributed by atoms with Crippen LogP contribution >= 0.6 is 11.6 Å². The number of halogens is 2. The summed E-state index contributed by atoms with van der Waals surface area (Å²) in [6.07, 6.45) is 2.09. The van der Waals surface area contributed by atoms with Crippen LogP contribution in [0.15, 0.2) is 48.7 Å². The molecule has 4 N–H and O–H groups in total. The quantitative estimate of drug-likeness (QED) is 0.117. The van der Waals surface area contributed by atoms with Gasteiger partial charge in [-0.15, -0.1) is 0 Å². The molecule has 2 heterocycles. The Morgan fingerprint density at radius 1 is 1.20 bits per heavy atom. The molecule has 0 spiro atoms. The zero-order chi connectivity index (χ0) is 24.9. The van der Waals surface area contributed by atoms with E-state index in [0.29, 0.717) is 47.1 Å². The lowest BCUT2D eigenvalue weighted by molar-refractivity contribution is 0.312. The number of rotatable bonds is 9. The fourth-order valence-electron chi connectivity index (χ4n) is 3.56. The number of imidazole rings is 1. The van der Waals surface area contributed by atoms with E-state index in [1.54, 1.807) is 20.3 Å². The number of pyridine rings is 1. The first-order chi connectivity index (χ1) is 16.9. The van der Waals surface area contributed by atoms with Gasteiger partial charge in [0.05, 0.1) is 30.4 Å². The lowest BCUT2D eigenvalue weighted by Gasteiger charge is -2.18. The highest BCUT2D eigenvalue weighted by molar-refractivity contribution is 6.31. The van der Waals surface area contributed by atoms with Crippen LogP contribution in [0, 0.1) is 11.2 Å². The molecule has 0 radical (unpaired) electrons. The average molecular weight is 499 g/mol. The van der Waals surface area contributed by atoms with Crippen LogP contribution in [0.5, 0.6) is 11.5 Å². The van der Waals surface area contributed by atoms with E-state index in [2.05, 4.69) is 20.3 Å². The maximum absolute atomic E-state index is 13.5. The topological polar surface area (TPSA) is 119 Å². The van der Waals surface area contributed by atoms with Gasteiger partial charge in [-0.25, -0.2) is 19.4 Å². The van der Waals surface area contributed by atoms with Crippen molar-refractivity contribution in [1.82, 2.24) is 20.3 Å². The van der Waals surface area contributed by atoms with Crippen molar-refractivity contribution in [2.24, 2.45) is 0 Å². The molecule has 9 nitrogen and oxygen atoms in total. The molecular weight excluding hydrogens is 475 g/mol. The van der Waals surface area contributed by atoms with Crippen molar-refractivity contribution in [2.45, 2.75) is 13.0 Å². The molecule has 2 aromatic heterocycles. The highest BCUT2D eigenvalue weighted by Crippen LogP contribution is 2.25. The summed E-state index contributed by atoms with van der Waals surface area (Å²) in [6.45, 7) is 1.23. The second-order valence-corrected chi connectivity index (χ2v) is 8.01. The Kier molecular flexibility index (Phi) is 7.45. The zero-order valence-corrected chi connectivity index (χ0v) is 19.9. The smallest absolute Gasteiger partial charge is 0.178 e. The maximum Gasteiger partial charge on any atom is 0.178 e. The van der Waals surface area contributed by atoms with Crippen molar-refractivity contribution >= 4 is 34.3 Å². The van der Waals surface area contributed by atoms with Crippen LogP contribution in [0.25, 0.3) is 11.2 Å². The molecule has 11 heteroatoms. The molecule has 0 aliphatic heterocycles. The minimum absolute atomic E-state index is 0.155. The molecule has 0 fully saturated rings. The number of aromatic amines is 1. The van der Waals surface area contributed by atoms with E-state index >= 15 is 0 Å². The Morgan fingerprint density at radius 2 is 2.03 bits per heavy atom. The van der Waals surface area contributed by atoms with Crippen molar-refractivity contribution in [3.05, 3.63) is 76.5 Å². The zero-order valence-electron chi connectivity index (χ0n) is 19.1. The number of benzene rings is 2. The average Bonchev–Trinajstić information content (AvgIpc) is 3.30. The van der Waals surface area contributed by atoms with Gasteiger partial charge < -0.3 is 19.8 Å². The Balaban J connectivity index is 1.44. The molecule has 0 aliphatic carbocycles. The number of aromatic nitrogens is 3. The molecule has 0 bridgehead atoms. The summed E-state index contributed by atoms with van der Waals surface area (Å²) in [5.41, 5.74) is 2.47. The molecule has 4 aromatic rings. The van der Waals surface area contributed by atoms with Crippen LogP contribution in [-0.2, 0) is 13.0 Å². The van der Waals surface area contributed by atoms with Crippen LogP contribution < -0.4 is 19.9 Å². The fraction of sp³-hybridized carbons (Fsp3) is 0.208. The number of ether oxygens (including phenoxy) is 2. The van der Waals surface area contributed by atoms with Crippen LogP contribution in [0.4, 0.5) is 10.1 Å². The number of amidine groups is 1. The van der Waals surface area contributed by atoms with Crippen LogP contribution in [0.3, 0.4) is 0 Å². The molecule has 0 unspecified atom stereocenters. The second-order valence-electron chi connectivity index (χ2n) is 7.60. The Hall–Kier alpha value is -3.73. The third-order valence-electron chi connectivity index (χ3n) is 5.40. The Bertz CT molecular complexity index is 1360. The second kappa shape index (κ2) is 10.7. The fourth-order valence-corrected chi connectivity index (χ4v) is 3.74. The van der Waals surface area contributed by atoms with Gasteiger partial charge in [0.2, 0.25) is 0 Å². The van der Waals surface area contributed by atoms with E-state index in [1.165, 1.54) is 18.3 Å². The van der Waals surface area contributed by atoms with Gasteiger partial charge in [-0.1, -0.05) is 17.7 Å². The molecule has 0 saturated carbocycles. The third kappa shape index (κ3) is 5.35. The first kappa shape index (κ1) is 24.4. The van der Waals surface area contributed by atoms with E-state index in [-0.39, 0.29) is 16.5 Å². The van der Waals surface area contributed by atoms with Crippen molar-refractivity contribution in [2.75, 3.05) is 25.8 Å². The van der Waals surface area contributed by atoms with Gasteiger partial charge in [-0.3, -0.25) is 10.6 Å². The van der Waals surface area contributed by atoms with Gasteiger partial charge in [0.25, 0.3) is 0 Å². The minimum atomic E-state index is -0.612. The number of methoxy groups -OCH3 is 2. The van der Waals surface area contributed by atoms with E-state index in [0.717, 1.165) is 23.1 Å². The summed E-state index contributed by atoms with van der Waals surface area (Å²) < 4.78 is 24.1. The summed E-state index contributed by atoms with van der Waals surface area (Å²) in [5, 5.41) is 22.8. The molecule has 0 saturated heterocycles. The minimum Gasteiger partial charge on any atom is -0.497 e. The third-order valence-corrected chi connectivity index (χ3v) is 5.69. The summed E-state index contributed by atoms with van der Waals surface area (Å²) in [7, 11) is 3.23. The number of H-pyrrole nitrogens is 1. The monoisotopic (exact) mass is 498 g/mol. The normalized spacial score (nSPS) is 11.0. The molecule has 35 heavy (non-hydrogen) atoms. The lowest BCUT2D eigenvalue weighted by Crippen LogP contribution is -2.27. The molecule has 2 aromatic carbocycles. The largest absolute Gasteiger partial charge is 0.497 e. The van der Waals surface area contributed by atoms with Gasteiger partial charge >= 0.3 is 0 Å². The van der Waals surface area contributed by atoms with Crippen molar-refractivity contribution in [1.29, 1.82) is 5.41 Å². The van der Waals surface area contributed by atoms with Crippen LogP contribution in [0.1, 0.15) is 17.0 Å². The van der Waals surface area contributed by atoms with E-state index < -0.39 is 5.82 Å². The molecule has 4 rings (SSSR count). The van der Waals surface area contributed by atoms with E-state index in [4.69, 9.17) is 26.5 Å². The van der Waals surface area contributed by atoms with E-state index in [9.17, 15) is 9.60 Å². The first-order valence-electron chi connectivity index (χ1n) is 10.7. The van der Waals surface area contributed by atoms with Crippen molar-refractivity contribution in [3.8, 4) is 11.5 Å². The number of hydroxylamine groups is 1. The summed E-state index contributed by atoms with van der Waals surface area (Å²) in [5.74, 6) is 1.30. The maximum atomic E-state index is 13.5. The standard InChI is InChI=1S/C24H24ClFN6O3/c1-34-16-5-3-14(20(12-16)35-2)13-28-9-8-21-30-22-17(7-10-29-24(22)31-21)23(27)32(33)15-4-6-19(26)18(25)11-15/h3-7,10-12,27-28,33H,8-9,13H2,1-2H3,(H,29,30,31). The number of anilines is 1. The lowest BCUT2D eigenvalue weighted by atomic mass is 10.2. The number of hydrogen-bond acceptors (Lipinski definition) is 7. The number of hydrogen-bond donors (Lipinski definition) is 4. The van der Waals surface area contributed by atoms with E-state index in [1.807, 2.05) is 18.2 Å². The molecule has 0 aliphatic rings. The number of fused-ring (bicyclic) bond motifs is 1. The van der Waals surface area contributed by atoms with Gasteiger partial charge in [0, 0.05) is 42.9 Å². The predicted octanol–water partition coefficient (Wildman–Crippen LogP) is 4.32. The predicted molar refractivity (Wildman–Crippen MR) is 131 cm³/mol. The van der Waals surface area contributed by atoms with Gasteiger partial charge in [0.15, 0.2) is 11.5 Å². The van der Waals surface area contributed by atoms with Crippen LogP contribution in [-0.4, -0.2) is 46.8 Å². The van der Waals surface area contributed by atoms with Crippen molar-refractivity contribution in [3.63, 3.8) is 0 Å². The highest BCUT2D eigenvalue weighted by atomic mass is 35.5. The van der Waals surface area contributed by atoms with Crippen molar-refractivity contribution < 1.29 is 19.1 Å². The Labute approximate surface area is 206 Å². The SMILES string of the molecule is COc1ccc(CNCCc2nc3nccc(C(=N)N(O)c4ccc(F)c(Cl)c4)c3[nH]2)c(OC)c1. The molecule has 182 valence electrons. The highest BCUT2D eigenvalue weighted by Gasteiger charge is 2.18. The van der Waals surface area contributed by atoms with Crippen LogP contribution in [0.2, 0.25) is 5.02 Å². The molecule has 0 atom stereocenters.